The van der Waals surface area contributed by atoms with Crippen molar-refractivity contribution >= 4 is 6.08 Å². The summed E-state index contributed by atoms with van der Waals surface area (Å²) in [6.45, 7) is 10.4. The summed E-state index contributed by atoms with van der Waals surface area (Å²) >= 11 is 0. The molecular weight excluding hydrogens is 360 g/mol. The first-order valence-electron chi connectivity index (χ1n) is 8.42. The highest BCUT2D eigenvalue weighted by molar-refractivity contribution is 5.52. The van der Waals surface area contributed by atoms with Crippen molar-refractivity contribution in [2.24, 2.45) is 11.8 Å². The van der Waals surface area contributed by atoms with Crippen LogP contribution in [-0.2, 0) is 4.74 Å². The lowest BCUT2D eigenvalue weighted by Gasteiger charge is -2.16. The molecule has 0 radical (unpaired) electrons. The van der Waals surface area contributed by atoms with Crippen molar-refractivity contribution in [3.05, 3.63) is 71.6 Å². The standard InChI is InChI=1S/C21H24F4O2/c1-12(7-9-16-10-11-17(26)21(25)20(16)24)6-8-13(2)14(3)18(22)19(23)15(4)27-5/h7,9-13,26H,3-4,6,8H2,1-2,5H3/b9-7+,19-18-. The van der Waals surface area contributed by atoms with Crippen LogP contribution in [0.4, 0.5) is 17.6 Å². The minimum Gasteiger partial charge on any atom is -0.505 e. The van der Waals surface area contributed by atoms with E-state index in [1.54, 1.807) is 13.0 Å². The monoisotopic (exact) mass is 384 g/mol. The highest BCUT2D eigenvalue weighted by Gasteiger charge is 2.19. The predicted octanol–water partition coefficient (Wildman–Crippen LogP) is 6.60. The van der Waals surface area contributed by atoms with Crippen LogP contribution in [0.3, 0.4) is 0 Å². The quantitative estimate of drug-likeness (QED) is 0.295. The number of methoxy groups -OCH3 is 1. The summed E-state index contributed by atoms with van der Waals surface area (Å²) in [4.78, 5) is 0. The molecule has 6 heteroatoms. The van der Waals surface area contributed by atoms with E-state index < -0.39 is 34.8 Å². The number of hydrogen-bond acceptors (Lipinski definition) is 2. The summed E-state index contributed by atoms with van der Waals surface area (Å²) in [5, 5.41) is 9.11. The summed E-state index contributed by atoms with van der Waals surface area (Å²) in [5.41, 5.74) is 0.0252. The van der Waals surface area contributed by atoms with Crippen LogP contribution >= 0.6 is 0 Å². The van der Waals surface area contributed by atoms with Gasteiger partial charge in [0.1, 0.15) is 5.76 Å². The summed E-state index contributed by atoms with van der Waals surface area (Å²) in [6, 6.07) is 2.35. The van der Waals surface area contributed by atoms with Crippen LogP contribution < -0.4 is 0 Å². The number of hydrogen-bond donors (Lipinski definition) is 1. The fraction of sp³-hybridized carbons (Fsp3) is 0.333. The average Bonchev–Trinajstić information content (AvgIpc) is 2.67. The minimum atomic E-state index is -1.29. The van der Waals surface area contributed by atoms with Crippen molar-refractivity contribution in [2.75, 3.05) is 7.11 Å². The SMILES string of the molecule is C=C(OC)/C(F)=C(/F)C(=C)C(C)CCC(C)/C=C/c1ccc(O)c(F)c1F. The second-order valence-corrected chi connectivity index (χ2v) is 6.40. The molecule has 0 aliphatic rings. The molecule has 2 atom stereocenters. The van der Waals surface area contributed by atoms with Gasteiger partial charge in [-0.05, 0) is 42.4 Å². The maximum Gasteiger partial charge on any atom is 0.200 e. The van der Waals surface area contributed by atoms with Gasteiger partial charge >= 0.3 is 0 Å². The van der Waals surface area contributed by atoms with Gasteiger partial charge in [-0.25, -0.2) is 8.78 Å². The molecule has 0 aliphatic carbocycles. The molecule has 0 saturated heterocycles. The third kappa shape index (κ3) is 6.01. The predicted molar refractivity (Wildman–Crippen MR) is 99.1 cm³/mol. The van der Waals surface area contributed by atoms with E-state index in [1.165, 1.54) is 19.3 Å². The number of phenolic OH excluding ortho intramolecular Hbond substituents is 1. The molecule has 0 saturated carbocycles. The first-order chi connectivity index (χ1) is 12.6. The van der Waals surface area contributed by atoms with Gasteiger partial charge in [-0.15, -0.1) is 0 Å². The van der Waals surface area contributed by atoms with Crippen LogP contribution in [0.1, 0.15) is 32.3 Å². The van der Waals surface area contributed by atoms with Crippen molar-refractivity contribution < 1.29 is 27.4 Å². The lowest BCUT2D eigenvalue weighted by molar-refractivity contribution is 0.280. The van der Waals surface area contributed by atoms with Gasteiger partial charge in [0.25, 0.3) is 0 Å². The highest BCUT2D eigenvalue weighted by atomic mass is 19.2. The van der Waals surface area contributed by atoms with E-state index in [9.17, 15) is 17.6 Å². The smallest absolute Gasteiger partial charge is 0.200 e. The van der Waals surface area contributed by atoms with E-state index >= 15 is 0 Å². The Labute approximate surface area is 157 Å². The Morgan fingerprint density at radius 1 is 1.11 bits per heavy atom. The fourth-order valence-corrected chi connectivity index (χ4v) is 2.30. The third-order valence-corrected chi connectivity index (χ3v) is 4.31. The summed E-state index contributed by atoms with van der Waals surface area (Å²) in [7, 11) is 1.19. The van der Waals surface area contributed by atoms with Crippen LogP contribution in [-0.4, -0.2) is 12.2 Å². The number of allylic oxidation sites excluding steroid dienone is 4. The van der Waals surface area contributed by atoms with Gasteiger partial charge in [0.15, 0.2) is 23.2 Å². The molecule has 0 heterocycles. The maximum absolute atomic E-state index is 14.0. The number of halogens is 4. The zero-order valence-electron chi connectivity index (χ0n) is 15.7. The van der Waals surface area contributed by atoms with Gasteiger partial charge in [0.05, 0.1) is 7.11 Å². The molecule has 0 amide bonds. The third-order valence-electron chi connectivity index (χ3n) is 4.31. The topological polar surface area (TPSA) is 29.5 Å². The second kappa shape index (κ2) is 10.00. The molecule has 1 N–H and O–H groups in total. The minimum absolute atomic E-state index is 0.00790. The van der Waals surface area contributed by atoms with Crippen LogP contribution in [0.2, 0.25) is 0 Å². The second-order valence-electron chi connectivity index (χ2n) is 6.40. The average molecular weight is 384 g/mol. The molecule has 1 aromatic rings. The zero-order valence-corrected chi connectivity index (χ0v) is 15.7. The molecular formula is C21H24F4O2. The Bertz CT molecular complexity index is 766. The van der Waals surface area contributed by atoms with Crippen molar-refractivity contribution in [2.45, 2.75) is 26.7 Å². The Morgan fingerprint density at radius 2 is 1.74 bits per heavy atom. The van der Waals surface area contributed by atoms with E-state index in [0.717, 1.165) is 6.07 Å². The summed E-state index contributed by atoms with van der Waals surface area (Å²) in [6.07, 6.45) is 4.21. The van der Waals surface area contributed by atoms with Gasteiger partial charge in [-0.1, -0.05) is 39.2 Å². The normalized spacial score (nSPS) is 14.6. The van der Waals surface area contributed by atoms with Gasteiger partial charge in [0, 0.05) is 5.56 Å². The number of ether oxygens (including phenoxy) is 1. The Kier molecular flexibility index (Phi) is 8.34. The van der Waals surface area contributed by atoms with Crippen LogP contribution in [0.25, 0.3) is 6.08 Å². The Hall–Kier alpha value is -2.50. The first-order valence-corrected chi connectivity index (χ1v) is 8.42. The van der Waals surface area contributed by atoms with Crippen LogP contribution in [0.5, 0.6) is 5.75 Å². The van der Waals surface area contributed by atoms with Crippen molar-refractivity contribution in [3.63, 3.8) is 0 Å². The van der Waals surface area contributed by atoms with E-state index in [0.29, 0.717) is 12.8 Å². The maximum atomic E-state index is 14.0. The van der Waals surface area contributed by atoms with E-state index in [-0.39, 0.29) is 23.0 Å². The number of aromatic hydroxyl groups is 1. The highest BCUT2D eigenvalue weighted by Crippen LogP contribution is 2.30. The largest absolute Gasteiger partial charge is 0.505 e. The number of rotatable bonds is 9. The van der Waals surface area contributed by atoms with E-state index in [2.05, 4.69) is 17.9 Å². The van der Waals surface area contributed by atoms with Crippen molar-refractivity contribution in [3.8, 4) is 5.75 Å². The first kappa shape index (κ1) is 22.5. The number of benzene rings is 1. The Morgan fingerprint density at radius 3 is 2.33 bits per heavy atom. The number of phenols is 1. The summed E-state index contributed by atoms with van der Waals surface area (Å²) < 4.78 is 59.4. The zero-order chi connectivity index (χ0) is 20.7. The van der Waals surface area contributed by atoms with E-state index in [1.807, 2.05) is 6.92 Å². The molecule has 2 unspecified atom stereocenters. The summed E-state index contributed by atoms with van der Waals surface area (Å²) in [5.74, 6) is -6.19. The Balaban J connectivity index is 2.69. The molecule has 148 valence electrons. The molecule has 0 bridgehead atoms. The molecule has 2 nitrogen and oxygen atoms in total. The van der Waals surface area contributed by atoms with Crippen molar-refractivity contribution in [1.82, 2.24) is 0 Å². The lowest BCUT2D eigenvalue weighted by atomic mass is 9.91. The van der Waals surface area contributed by atoms with Gasteiger partial charge in [-0.3, -0.25) is 0 Å². The van der Waals surface area contributed by atoms with Gasteiger partial charge in [-0.2, -0.15) is 8.78 Å². The molecule has 0 aromatic heterocycles. The van der Waals surface area contributed by atoms with Gasteiger partial charge < -0.3 is 9.84 Å². The van der Waals surface area contributed by atoms with Crippen LogP contribution in [0.15, 0.2) is 54.4 Å². The van der Waals surface area contributed by atoms with Gasteiger partial charge in [0.2, 0.25) is 5.82 Å². The fourth-order valence-electron chi connectivity index (χ4n) is 2.30. The molecule has 1 aromatic carbocycles. The van der Waals surface area contributed by atoms with Crippen molar-refractivity contribution in [1.29, 1.82) is 0 Å². The molecule has 0 aliphatic heterocycles. The lowest BCUT2D eigenvalue weighted by Crippen LogP contribution is -2.04. The molecule has 1 rings (SSSR count). The molecule has 0 fully saturated rings. The molecule has 0 spiro atoms. The van der Waals surface area contributed by atoms with Crippen LogP contribution in [0, 0.1) is 23.5 Å². The molecule has 27 heavy (non-hydrogen) atoms. The van der Waals surface area contributed by atoms with E-state index in [4.69, 9.17) is 5.11 Å².